The lowest BCUT2D eigenvalue weighted by molar-refractivity contribution is 0.418. The summed E-state index contributed by atoms with van der Waals surface area (Å²) in [6, 6.07) is 8.50. The van der Waals surface area contributed by atoms with Crippen LogP contribution in [0.25, 0.3) is 0 Å². The molecule has 0 aromatic heterocycles. The molecular weight excluding hydrogens is 222 g/mol. The van der Waals surface area contributed by atoms with Crippen molar-refractivity contribution in [3.05, 3.63) is 23.8 Å². The molecule has 3 heteroatoms. The summed E-state index contributed by atoms with van der Waals surface area (Å²) in [5.41, 5.74) is 8.36. The number of benzene rings is 1. The fourth-order valence-electron chi connectivity index (χ4n) is 2.92. The Morgan fingerprint density at radius 2 is 2.06 bits per heavy atom. The van der Waals surface area contributed by atoms with E-state index in [1.165, 1.54) is 32.1 Å². The van der Waals surface area contributed by atoms with E-state index >= 15 is 0 Å². The Labute approximate surface area is 109 Å². The number of rotatable bonds is 3. The zero-order valence-corrected chi connectivity index (χ0v) is 11.0. The van der Waals surface area contributed by atoms with Gasteiger partial charge in [0.2, 0.25) is 0 Å². The standard InChI is InChI=1S/C15H21N3/c1-2-18(13-8-4-3-5-9-13)14-10-6-7-12(11-16)15(14)17/h6-7,10,13H,2-5,8-9,17H2,1H3. The third-order valence-corrected chi connectivity index (χ3v) is 3.87. The van der Waals surface area contributed by atoms with Gasteiger partial charge >= 0.3 is 0 Å². The predicted molar refractivity (Wildman–Crippen MR) is 75.5 cm³/mol. The van der Waals surface area contributed by atoms with Crippen LogP contribution in [0.3, 0.4) is 0 Å². The second-order valence-electron chi connectivity index (χ2n) is 4.93. The van der Waals surface area contributed by atoms with Gasteiger partial charge in [-0.3, -0.25) is 0 Å². The van der Waals surface area contributed by atoms with E-state index in [2.05, 4.69) is 17.9 Å². The first kappa shape index (κ1) is 12.8. The maximum atomic E-state index is 9.06. The molecule has 96 valence electrons. The fourth-order valence-corrected chi connectivity index (χ4v) is 2.92. The molecule has 0 saturated heterocycles. The van der Waals surface area contributed by atoms with Crippen molar-refractivity contribution < 1.29 is 0 Å². The lowest BCUT2D eigenvalue weighted by Crippen LogP contribution is -2.37. The summed E-state index contributed by atoms with van der Waals surface area (Å²) in [6.07, 6.45) is 6.44. The van der Waals surface area contributed by atoms with Gasteiger partial charge in [-0.1, -0.05) is 25.3 Å². The number of para-hydroxylation sites is 1. The van der Waals surface area contributed by atoms with Gasteiger partial charge in [-0.05, 0) is 31.9 Å². The van der Waals surface area contributed by atoms with Crippen LogP contribution in [-0.4, -0.2) is 12.6 Å². The Kier molecular flexibility index (Phi) is 4.09. The van der Waals surface area contributed by atoms with Crippen molar-refractivity contribution in [3.8, 4) is 6.07 Å². The number of hydrogen-bond donors (Lipinski definition) is 1. The Bertz CT molecular complexity index is 442. The molecule has 1 aromatic carbocycles. The smallest absolute Gasteiger partial charge is 0.101 e. The normalized spacial score (nSPS) is 16.2. The lowest BCUT2D eigenvalue weighted by atomic mass is 9.93. The Balaban J connectivity index is 2.29. The van der Waals surface area contributed by atoms with E-state index in [0.717, 1.165) is 12.2 Å². The molecule has 0 aliphatic heterocycles. The second kappa shape index (κ2) is 5.77. The minimum absolute atomic E-state index is 0.583. The molecule has 1 aromatic rings. The molecule has 1 fully saturated rings. The summed E-state index contributed by atoms with van der Waals surface area (Å²) in [5.74, 6) is 0. The number of nitriles is 1. The number of nitrogens with two attached hydrogens (primary N) is 1. The van der Waals surface area contributed by atoms with Crippen LogP contribution in [0.15, 0.2) is 18.2 Å². The van der Waals surface area contributed by atoms with Gasteiger partial charge in [0.15, 0.2) is 0 Å². The van der Waals surface area contributed by atoms with Gasteiger partial charge in [0, 0.05) is 12.6 Å². The molecule has 1 aliphatic rings. The molecule has 2 rings (SSSR count). The summed E-state index contributed by atoms with van der Waals surface area (Å²) in [7, 11) is 0. The molecule has 0 amide bonds. The van der Waals surface area contributed by atoms with E-state index in [-0.39, 0.29) is 0 Å². The first-order chi connectivity index (χ1) is 8.77. The molecule has 0 bridgehead atoms. The van der Waals surface area contributed by atoms with Crippen LogP contribution in [-0.2, 0) is 0 Å². The van der Waals surface area contributed by atoms with Crippen LogP contribution in [0.4, 0.5) is 11.4 Å². The van der Waals surface area contributed by atoms with Gasteiger partial charge in [-0.15, -0.1) is 0 Å². The molecule has 0 radical (unpaired) electrons. The van der Waals surface area contributed by atoms with E-state index in [0.29, 0.717) is 17.3 Å². The molecule has 18 heavy (non-hydrogen) atoms. The van der Waals surface area contributed by atoms with E-state index in [1.54, 1.807) is 6.07 Å². The van der Waals surface area contributed by atoms with Gasteiger partial charge in [0.1, 0.15) is 6.07 Å². The van der Waals surface area contributed by atoms with Crippen molar-refractivity contribution in [2.75, 3.05) is 17.2 Å². The SMILES string of the molecule is CCN(c1cccc(C#N)c1N)C1CCCCC1. The van der Waals surface area contributed by atoms with Crippen molar-refractivity contribution in [3.63, 3.8) is 0 Å². The molecule has 0 spiro atoms. The highest BCUT2D eigenvalue weighted by molar-refractivity contribution is 5.74. The first-order valence-corrected chi connectivity index (χ1v) is 6.83. The molecule has 3 nitrogen and oxygen atoms in total. The van der Waals surface area contributed by atoms with Crippen molar-refractivity contribution in [2.45, 2.75) is 45.1 Å². The van der Waals surface area contributed by atoms with E-state index in [9.17, 15) is 0 Å². The Hall–Kier alpha value is -1.69. The fraction of sp³-hybridized carbons (Fsp3) is 0.533. The van der Waals surface area contributed by atoms with Crippen LogP contribution in [0, 0.1) is 11.3 Å². The summed E-state index contributed by atoms with van der Waals surface area (Å²) in [4.78, 5) is 2.37. The minimum atomic E-state index is 0.583. The van der Waals surface area contributed by atoms with Gasteiger partial charge in [-0.25, -0.2) is 0 Å². The topological polar surface area (TPSA) is 53.0 Å². The first-order valence-electron chi connectivity index (χ1n) is 6.83. The highest BCUT2D eigenvalue weighted by Gasteiger charge is 2.22. The summed E-state index contributed by atoms with van der Waals surface area (Å²) in [5, 5.41) is 9.06. The largest absolute Gasteiger partial charge is 0.396 e. The minimum Gasteiger partial charge on any atom is -0.396 e. The molecule has 1 aliphatic carbocycles. The maximum absolute atomic E-state index is 9.06. The molecular formula is C15H21N3. The lowest BCUT2D eigenvalue weighted by Gasteiger charge is -2.36. The van der Waals surface area contributed by atoms with Crippen molar-refractivity contribution in [1.82, 2.24) is 0 Å². The summed E-state index contributed by atoms with van der Waals surface area (Å²) in [6.45, 7) is 3.11. The highest BCUT2D eigenvalue weighted by Crippen LogP contribution is 2.32. The number of nitrogen functional groups attached to an aromatic ring is 1. The third-order valence-electron chi connectivity index (χ3n) is 3.87. The second-order valence-corrected chi connectivity index (χ2v) is 4.93. The summed E-state index contributed by atoms with van der Waals surface area (Å²) < 4.78 is 0. The van der Waals surface area contributed by atoms with Gasteiger partial charge in [-0.2, -0.15) is 5.26 Å². The van der Waals surface area contributed by atoms with Crippen molar-refractivity contribution in [2.24, 2.45) is 0 Å². The average molecular weight is 243 g/mol. The third kappa shape index (κ3) is 2.43. The molecule has 0 unspecified atom stereocenters. The van der Waals surface area contributed by atoms with E-state index in [4.69, 9.17) is 11.0 Å². The number of nitrogens with zero attached hydrogens (tertiary/aromatic N) is 2. The van der Waals surface area contributed by atoms with Gasteiger partial charge in [0.05, 0.1) is 16.9 Å². The zero-order valence-electron chi connectivity index (χ0n) is 11.0. The van der Waals surface area contributed by atoms with E-state index < -0.39 is 0 Å². The van der Waals surface area contributed by atoms with Crippen LogP contribution < -0.4 is 10.6 Å². The predicted octanol–water partition coefficient (Wildman–Crippen LogP) is 3.30. The van der Waals surface area contributed by atoms with Crippen molar-refractivity contribution in [1.29, 1.82) is 5.26 Å². The molecule has 0 atom stereocenters. The molecule has 2 N–H and O–H groups in total. The monoisotopic (exact) mass is 243 g/mol. The maximum Gasteiger partial charge on any atom is 0.101 e. The highest BCUT2D eigenvalue weighted by atomic mass is 15.2. The molecule has 0 heterocycles. The quantitative estimate of drug-likeness (QED) is 0.829. The van der Waals surface area contributed by atoms with Crippen LogP contribution >= 0.6 is 0 Å². The average Bonchev–Trinajstić information content (AvgIpc) is 2.43. The zero-order chi connectivity index (χ0) is 13.0. The van der Waals surface area contributed by atoms with Crippen LogP contribution in [0.5, 0.6) is 0 Å². The van der Waals surface area contributed by atoms with Crippen molar-refractivity contribution >= 4 is 11.4 Å². The van der Waals surface area contributed by atoms with Gasteiger partial charge in [0.25, 0.3) is 0 Å². The molecule has 1 saturated carbocycles. The summed E-state index contributed by atoms with van der Waals surface area (Å²) >= 11 is 0. The van der Waals surface area contributed by atoms with Crippen LogP contribution in [0.2, 0.25) is 0 Å². The van der Waals surface area contributed by atoms with E-state index in [1.807, 2.05) is 12.1 Å². The van der Waals surface area contributed by atoms with Crippen LogP contribution in [0.1, 0.15) is 44.6 Å². The number of hydrogen-bond acceptors (Lipinski definition) is 3. The Morgan fingerprint density at radius 3 is 2.67 bits per heavy atom. The Morgan fingerprint density at radius 1 is 1.33 bits per heavy atom. The van der Waals surface area contributed by atoms with Gasteiger partial charge < -0.3 is 10.6 Å². The number of anilines is 2.